The first kappa shape index (κ1) is 18.2. The van der Waals surface area contributed by atoms with Crippen molar-refractivity contribution in [1.82, 2.24) is 4.90 Å². The molecule has 0 spiro atoms. The topological polar surface area (TPSA) is 72.9 Å². The summed E-state index contributed by atoms with van der Waals surface area (Å²) < 4.78 is 10.2. The third kappa shape index (κ3) is 4.58. The summed E-state index contributed by atoms with van der Waals surface area (Å²) in [5.41, 5.74) is -0.738. The van der Waals surface area contributed by atoms with E-state index in [1.54, 1.807) is 27.7 Å². The fourth-order valence-corrected chi connectivity index (χ4v) is 2.29. The zero-order valence-electron chi connectivity index (χ0n) is 13.9. The van der Waals surface area contributed by atoms with Crippen LogP contribution in [0.25, 0.3) is 0 Å². The molecule has 0 bridgehead atoms. The van der Waals surface area contributed by atoms with E-state index in [4.69, 9.17) is 9.47 Å². The van der Waals surface area contributed by atoms with Crippen LogP contribution in [0.2, 0.25) is 0 Å². The maximum absolute atomic E-state index is 12.4. The molecule has 6 nitrogen and oxygen atoms in total. The molecule has 2 amide bonds. The zero-order valence-corrected chi connectivity index (χ0v) is 13.9. The predicted molar refractivity (Wildman–Crippen MR) is 81.0 cm³/mol. The molecule has 0 radical (unpaired) electrons. The second kappa shape index (κ2) is 7.42. The fraction of sp³-hybridized carbons (Fsp3) is 0.688. The van der Waals surface area contributed by atoms with Crippen LogP contribution >= 0.6 is 0 Å². The van der Waals surface area contributed by atoms with E-state index in [0.717, 1.165) is 4.90 Å². The second-order valence-corrected chi connectivity index (χ2v) is 6.19. The molecule has 0 saturated carbocycles. The van der Waals surface area contributed by atoms with E-state index in [-0.39, 0.29) is 18.9 Å². The van der Waals surface area contributed by atoms with E-state index < -0.39 is 29.6 Å². The van der Waals surface area contributed by atoms with E-state index >= 15 is 0 Å². The fourth-order valence-electron chi connectivity index (χ4n) is 2.29. The highest BCUT2D eigenvalue weighted by atomic mass is 16.6. The second-order valence-electron chi connectivity index (χ2n) is 6.19. The number of hydrogen-bond acceptors (Lipinski definition) is 5. The van der Waals surface area contributed by atoms with E-state index in [1.807, 2.05) is 19.1 Å². The summed E-state index contributed by atoms with van der Waals surface area (Å²) in [5.74, 6) is -1.35. The third-order valence-electron chi connectivity index (χ3n) is 3.21. The van der Waals surface area contributed by atoms with Crippen molar-refractivity contribution < 1.29 is 23.9 Å². The maximum atomic E-state index is 12.4. The number of likely N-dealkylation sites (tertiary alicyclic amines) is 1. The molecule has 1 rings (SSSR count). The largest absolute Gasteiger partial charge is 0.464 e. The molecule has 2 atom stereocenters. The van der Waals surface area contributed by atoms with Crippen LogP contribution in [-0.2, 0) is 19.1 Å². The van der Waals surface area contributed by atoms with Crippen LogP contribution in [0.5, 0.6) is 0 Å². The number of imide groups is 1. The minimum Gasteiger partial charge on any atom is -0.464 e. The lowest BCUT2D eigenvalue weighted by Gasteiger charge is -2.26. The maximum Gasteiger partial charge on any atom is 0.417 e. The average molecular weight is 311 g/mol. The van der Waals surface area contributed by atoms with Gasteiger partial charge in [0.1, 0.15) is 11.6 Å². The first-order valence-corrected chi connectivity index (χ1v) is 7.55. The van der Waals surface area contributed by atoms with Crippen LogP contribution < -0.4 is 0 Å². The lowest BCUT2D eigenvalue weighted by Crippen LogP contribution is -2.46. The highest BCUT2D eigenvalue weighted by molar-refractivity contribution is 6.00. The Labute approximate surface area is 131 Å². The molecule has 6 heteroatoms. The number of carbonyl (C=O) groups is 3. The van der Waals surface area contributed by atoms with Gasteiger partial charge < -0.3 is 9.47 Å². The molecular formula is C16H25NO5. The SMILES string of the molecule is C/C=C\C[C@@H]1C[C@@H](C(=O)OCC)N(C(=O)OC(C)(C)C)C1=O. The summed E-state index contributed by atoms with van der Waals surface area (Å²) in [4.78, 5) is 37.7. The van der Waals surface area contributed by atoms with Crippen LogP contribution in [0, 0.1) is 5.92 Å². The summed E-state index contributed by atoms with van der Waals surface area (Å²) in [5, 5.41) is 0. The molecule has 0 unspecified atom stereocenters. The Kier molecular flexibility index (Phi) is 6.14. The van der Waals surface area contributed by atoms with Crippen LogP contribution in [-0.4, -0.2) is 41.1 Å². The number of ether oxygens (including phenoxy) is 2. The lowest BCUT2D eigenvalue weighted by molar-refractivity contribution is -0.151. The standard InChI is InChI=1S/C16H25NO5/c1-6-8-9-11-10-12(14(19)21-7-2)17(13(11)18)15(20)22-16(3,4)5/h6,8,11-12H,7,9-10H2,1-5H3/b8-6-/t11-,12+/m1/s1. The van der Waals surface area contributed by atoms with E-state index in [9.17, 15) is 14.4 Å². The van der Waals surface area contributed by atoms with Gasteiger partial charge in [0.05, 0.1) is 6.61 Å². The van der Waals surface area contributed by atoms with Crippen molar-refractivity contribution in [2.45, 2.75) is 59.1 Å². The molecule has 1 fully saturated rings. The molecule has 0 aromatic heterocycles. The van der Waals surface area contributed by atoms with Crippen LogP contribution in [0.15, 0.2) is 12.2 Å². The third-order valence-corrected chi connectivity index (χ3v) is 3.21. The highest BCUT2D eigenvalue weighted by Gasteiger charge is 2.48. The Morgan fingerprint density at radius 2 is 2.00 bits per heavy atom. The van der Waals surface area contributed by atoms with Crippen molar-refractivity contribution in [3.05, 3.63) is 12.2 Å². The molecule has 0 aromatic rings. The molecule has 1 heterocycles. The van der Waals surface area contributed by atoms with Crippen molar-refractivity contribution in [2.24, 2.45) is 5.92 Å². The van der Waals surface area contributed by atoms with E-state index in [2.05, 4.69) is 0 Å². The van der Waals surface area contributed by atoms with Gasteiger partial charge in [-0.15, -0.1) is 0 Å². The number of nitrogens with zero attached hydrogens (tertiary/aromatic N) is 1. The zero-order chi connectivity index (χ0) is 16.9. The molecule has 1 aliphatic heterocycles. The Morgan fingerprint density at radius 3 is 2.50 bits per heavy atom. The van der Waals surface area contributed by atoms with Gasteiger partial charge in [-0.3, -0.25) is 4.79 Å². The minimum atomic E-state index is -0.905. The molecule has 0 N–H and O–H groups in total. The minimum absolute atomic E-state index is 0.200. The number of amides is 2. The summed E-state index contributed by atoms with van der Waals surface area (Å²) in [6, 6.07) is -0.905. The van der Waals surface area contributed by atoms with Gasteiger partial charge in [0.2, 0.25) is 5.91 Å². The number of rotatable bonds is 4. The normalized spacial score (nSPS) is 22.2. The number of hydrogen-bond donors (Lipinski definition) is 0. The monoisotopic (exact) mass is 311 g/mol. The summed E-state index contributed by atoms with van der Waals surface area (Å²) in [6.45, 7) is 8.87. The van der Waals surface area contributed by atoms with E-state index in [0.29, 0.717) is 6.42 Å². The Hall–Kier alpha value is -1.85. The Bertz CT molecular complexity index is 464. The number of carbonyl (C=O) groups excluding carboxylic acids is 3. The van der Waals surface area contributed by atoms with Gasteiger partial charge in [0, 0.05) is 5.92 Å². The predicted octanol–water partition coefficient (Wildman–Crippen LogP) is 2.67. The van der Waals surface area contributed by atoms with Gasteiger partial charge in [-0.05, 0) is 47.5 Å². The molecule has 0 aromatic carbocycles. The van der Waals surface area contributed by atoms with Crippen molar-refractivity contribution in [2.75, 3.05) is 6.61 Å². The first-order chi connectivity index (χ1) is 10.2. The molecule has 22 heavy (non-hydrogen) atoms. The molecule has 0 aliphatic carbocycles. The number of allylic oxidation sites excluding steroid dienone is 2. The molecule has 1 saturated heterocycles. The Morgan fingerprint density at radius 1 is 1.36 bits per heavy atom. The van der Waals surface area contributed by atoms with Crippen LogP contribution in [0.3, 0.4) is 0 Å². The van der Waals surface area contributed by atoms with Crippen molar-refractivity contribution in [3.63, 3.8) is 0 Å². The molecule has 1 aliphatic rings. The van der Waals surface area contributed by atoms with E-state index in [1.165, 1.54) is 0 Å². The van der Waals surface area contributed by atoms with Gasteiger partial charge in [-0.2, -0.15) is 0 Å². The quantitative estimate of drug-likeness (QED) is 0.589. The summed E-state index contributed by atoms with van der Waals surface area (Å²) in [7, 11) is 0. The Balaban J connectivity index is 2.97. The lowest BCUT2D eigenvalue weighted by atomic mass is 10.0. The molecule has 124 valence electrons. The van der Waals surface area contributed by atoms with Gasteiger partial charge >= 0.3 is 12.1 Å². The summed E-state index contributed by atoms with van der Waals surface area (Å²) >= 11 is 0. The summed E-state index contributed by atoms with van der Waals surface area (Å²) in [6.07, 6.45) is 3.65. The van der Waals surface area contributed by atoms with Crippen LogP contribution in [0.4, 0.5) is 4.79 Å². The van der Waals surface area contributed by atoms with Gasteiger partial charge in [0.25, 0.3) is 0 Å². The van der Waals surface area contributed by atoms with Crippen molar-refractivity contribution in [1.29, 1.82) is 0 Å². The van der Waals surface area contributed by atoms with Crippen LogP contribution in [0.1, 0.15) is 47.5 Å². The molecular weight excluding hydrogens is 286 g/mol. The van der Waals surface area contributed by atoms with Gasteiger partial charge in [0.15, 0.2) is 0 Å². The average Bonchev–Trinajstić information content (AvgIpc) is 2.72. The number of esters is 1. The van der Waals surface area contributed by atoms with Gasteiger partial charge in [-0.25, -0.2) is 14.5 Å². The smallest absolute Gasteiger partial charge is 0.417 e. The van der Waals surface area contributed by atoms with Crippen molar-refractivity contribution >= 4 is 18.0 Å². The highest BCUT2D eigenvalue weighted by Crippen LogP contribution is 2.30. The van der Waals surface area contributed by atoms with Gasteiger partial charge in [-0.1, -0.05) is 12.2 Å². The van der Waals surface area contributed by atoms with Crippen molar-refractivity contribution in [3.8, 4) is 0 Å². The first-order valence-electron chi connectivity index (χ1n) is 7.55.